The Morgan fingerprint density at radius 2 is 1.89 bits per heavy atom. The summed E-state index contributed by atoms with van der Waals surface area (Å²) in [6, 6.07) is 3.62. The van der Waals surface area contributed by atoms with Gasteiger partial charge in [0.1, 0.15) is 5.76 Å². The summed E-state index contributed by atoms with van der Waals surface area (Å²) in [4.78, 5) is 0. The molecule has 1 aromatic carbocycles. The molecule has 0 saturated heterocycles. The molecule has 6 heteroatoms. The van der Waals surface area contributed by atoms with Gasteiger partial charge >= 0.3 is 6.18 Å². The fraction of sp³-hybridized carbons (Fsp3) is 0.250. The van der Waals surface area contributed by atoms with Gasteiger partial charge in [0.15, 0.2) is 0 Å². The number of anilines is 1. The normalized spacial score (nSPS) is 11.8. The fourth-order valence-corrected chi connectivity index (χ4v) is 1.87. The summed E-state index contributed by atoms with van der Waals surface area (Å²) in [6.45, 7) is 3.42. The van der Waals surface area contributed by atoms with E-state index in [0.717, 1.165) is 6.07 Å². The van der Waals surface area contributed by atoms with Crippen LogP contribution >= 0.6 is 0 Å². The summed E-state index contributed by atoms with van der Waals surface area (Å²) < 4.78 is 42.7. The molecule has 0 atom stereocenters. The molecule has 2 rings (SSSR count). The molecule has 0 bridgehead atoms. The molecule has 0 amide bonds. The van der Waals surface area contributed by atoms with Gasteiger partial charge in [-0.05, 0) is 31.5 Å². The number of hydrogen-bond acceptors (Lipinski definition) is 3. The highest BCUT2D eigenvalue weighted by molar-refractivity contribution is 5.72. The number of rotatable bonds is 1. The van der Waals surface area contributed by atoms with E-state index in [1.54, 1.807) is 13.8 Å². The number of alkyl halides is 3. The van der Waals surface area contributed by atoms with Crippen molar-refractivity contribution in [3.8, 4) is 11.1 Å². The molecule has 1 aromatic heterocycles. The van der Waals surface area contributed by atoms with Crippen molar-refractivity contribution < 1.29 is 17.7 Å². The molecule has 0 radical (unpaired) electrons. The van der Waals surface area contributed by atoms with Crippen LogP contribution in [0.5, 0.6) is 0 Å². The molecule has 1 heterocycles. The SMILES string of the molecule is Cc1noc(C)c1-c1ccc(C(F)(F)F)c(N)c1. The van der Waals surface area contributed by atoms with E-state index in [4.69, 9.17) is 10.3 Å². The summed E-state index contributed by atoms with van der Waals surface area (Å²) in [5.41, 5.74) is 6.16. The Bertz CT molecular complexity index is 568. The zero-order valence-corrected chi connectivity index (χ0v) is 9.80. The molecule has 96 valence electrons. The second-order valence-corrected chi connectivity index (χ2v) is 4.00. The van der Waals surface area contributed by atoms with Crippen molar-refractivity contribution in [1.29, 1.82) is 0 Å². The lowest BCUT2D eigenvalue weighted by Gasteiger charge is -2.11. The van der Waals surface area contributed by atoms with Crippen LogP contribution in [0.4, 0.5) is 18.9 Å². The van der Waals surface area contributed by atoms with Crippen molar-refractivity contribution in [2.75, 3.05) is 5.73 Å². The van der Waals surface area contributed by atoms with Gasteiger partial charge in [0, 0.05) is 11.3 Å². The van der Waals surface area contributed by atoms with Crippen molar-refractivity contribution in [2.24, 2.45) is 0 Å². The predicted molar refractivity (Wildman–Crippen MR) is 60.8 cm³/mol. The number of nitrogens with zero attached hydrogens (tertiary/aromatic N) is 1. The Morgan fingerprint density at radius 1 is 1.22 bits per heavy atom. The first kappa shape index (κ1) is 12.5. The van der Waals surface area contributed by atoms with Gasteiger partial charge in [0.05, 0.1) is 11.3 Å². The van der Waals surface area contributed by atoms with E-state index in [2.05, 4.69) is 5.16 Å². The second-order valence-electron chi connectivity index (χ2n) is 4.00. The minimum absolute atomic E-state index is 0.306. The molecule has 2 aromatic rings. The second kappa shape index (κ2) is 4.04. The smallest absolute Gasteiger partial charge is 0.398 e. The van der Waals surface area contributed by atoms with Crippen LogP contribution in [-0.4, -0.2) is 5.16 Å². The van der Waals surface area contributed by atoms with Gasteiger partial charge in [-0.3, -0.25) is 0 Å². The summed E-state index contributed by atoms with van der Waals surface area (Å²) >= 11 is 0. The van der Waals surface area contributed by atoms with Gasteiger partial charge in [-0.15, -0.1) is 0 Å². The molecular weight excluding hydrogens is 245 g/mol. The highest BCUT2D eigenvalue weighted by Crippen LogP contribution is 2.36. The molecule has 18 heavy (non-hydrogen) atoms. The van der Waals surface area contributed by atoms with E-state index in [1.807, 2.05) is 0 Å². The number of benzene rings is 1. The standard InChI is InChI=1S/C12H11F3N2O/c1-6-11(7(2)18-17-6)8-3-4-9(10(16)5-8)12(13,14)15/h3-5H,16H2,1-2H3. The topological polar surface area (TPSA) is 52.0 Å². The average molecular weight is 256 g/mol. The summed E-state index contributed by atoms with van der Waals surface area (Å²) in [7, 11) is 0. The van der Waals surface area contributed by atoms with Gasteiger partial charge in [-0.25, -0.2) is 0 Å². The lowest BCUT2D eigenvalue weighted by molar-refractivity contribution is -0.136. The van der Waals surface area contributed by atoms with E-state index in [1.165, 1.54) is 12.1 Å². The first-order chi connectivity index (χ1) is 8.30. The minimum atomic E-state index is -4.44. The van der Waals surface area contributed by atoms with Gasteiger partial charge in [0.25, 0.3) is 0 Å². The number of halogens is 3. The maximum atomic E-state index is 12.6. The monoisotopic (exact) mass is 256 g/mol. The summed E-state index contributed by atoms with van der Waals surface area (Å²) in [5.74, 6) is 0.548. The van der Waals surface area contributed by atoms with Crippen LogP contribution in [0.3, 0.4) is 0 Å². The zero-order valence-electron chi connectivity index (χ0n) is 9.80. The third-order valence-corrected chi connectivity index (χ3v) is 2.68. The van der Waals surface area contributed by atoms with Crippen LogP contribution < -0.4 is 5.73 Å². The van der Waals surface area contributed by atoms with E-state index >= 15 is 0 Å². The fourth-order valence-electron chi connectivity index (χ4n) is 1.87. The zero-order chi connectivity index (χ0) is 13.5. The lowest BCUT2D eigenvalue weighted by Crippen LogP contribution is -2.08. The molecule has 0 aliphatic rings. The summed E-state index contributed by atoms with van der Waals surface area (Å²) in [6.07, 6.45) is -4.44. The predicted octanol–water partition coefficient (Wildman–Crippen LogP) is 3.56. The molecule has 0 fully saturated rings. The van der Waals surface area contributed by atoms with Crippen molar-refractivity contribution in [3.05, 3.63) is 35.2 Å². The van der Waals surface area contributed by atoms with Crippen LogP contribution in [-0.2, 0) is 6.18 Å². The van der Waals surface area contributed by atoms with Crippen LogP contribution in [0, 0.1) is 13.8 Å². The van der Waals surface area contributed by atoms with Crippen molar-refractivity contribution in [3.63, 3.8) is 0 Å². The molecule has 0 aliphatic carbocycles. The largest absolute Gasteiger partial charge is 0.418 e. The number of aromatic nitrogens is 1. The number of nitrogen functional groups attached to an aromatic ring is 1. The highest BCUT2D eigenvalue weighted by Gasteiger charge is 2.33. The third-order valence-electron chi connectivity index (χ3n) is 2.68. The van der Waals surface area contributed by atoms with E-state index in [9.17, 15) is 13.2 Å². The van der Waals surface area contributed by atoms with E-state index in [0.29, 0.717) is 22.6 Å². The number of nitrogens with two attached hydrogens (primary N) is 1. The van der Waals surface area contributed by atoms with Gasteiger partial charge in [0.2, 0.25) is 0 Å². The van der Waals surface area contributed by atoms with E-state index in [-0.39, 0.29) is 5.69 Å². The maximum absolute atomic E-state index is 12.6. The molecule has 0 unspecified atom stereocenters. The van der Waals surface area contributed by atoms with Crippen molar-refractivity contribution in [2.45, 2.75) is 20.0 Å². The molecular formula is C12H11F3N2O. The Morgan fingerprint density at radius 3 is 2.33 bits per heavy atom. The van der Waals surface area contributed by atoms with Gasteiger partial charge < -0.3 is 10.3 Å². The molecule has 2 N–H and O–H groups in total. The van der Waals surface area contributed by atoms with Crippen LogP contribution in [0.15, 0.2) is 22.7 Å². The Labute approximate surface area is 101 Å². The third kappa shape index (κ3) is 2.05. The Hall–Kier alpha value is -1.98. The maximum Gasteiger partial charge on any atom is 0.418 e. The quantitative estimate of drug-likeness (QED) is 0.794. The molecule has 0 saturated carbocycles. The van der Waals surface area contributed by atoms with Gasteiger partial charge in [-0.1, -0.05) is 11.2 Å². The molecule has 0 aliphatic heterocycles. The Kier molecular flexibility index (Phi) is 2.80. The molecule has 0 spiro atoms. The Balaban J connectivity index is 2.54. The van der Waals surface area contributed by atoms with Crippen LogP contribution in [0.1, 0.15) is 17.0 Å². The van der Waals surface area contributed by atoms with Crippen molar-refractivity contribution >= 4 is 5.69 Å². The van der Waals surface area contributed by atoms with Crippen molar-refractivity contribution in [1.82, 2.24) is 5.16 Å². The first-order valence-corrected chi connectivity index (χ1v) is 5.20. The number of aryl methyl sites for hydroxylation is 2. The number of hydrogen-bond donors (Lipinski definition) is 1. The minimum Gasteiger partial charge on any atom is -0.398 e. The molecule has 3 nitrogen and oxygen atoms in total. The summed E-state index contributed by atoms with van der Waals surface area (Å²) in [5, 5.41) is 3.76. The van der Waals surface area contributed by atoms with E-state index < -0.39 is 11.7 Å². The van der Waals surface area contributed by atoms with Gasteiger partial charge in [-0.2, -0.15) is 13.2 Å². The average Bonchev–Trinajstić information content (AvgIpc) is 2.56. The highest BCUT2D eigenvalue weighted by atomic mass is 19.4. The van der Waals surface area contributed by atoms with Crippen LogP contribution in [0.25, 0.3) is 11.1 Å². The van der Waals surface area contributed by atoms with Crippen LogP contribution in [0.2, 0.25) is 0 Å². The lowest BCUT2D eigenvalue weighted by atomic mass is 10.0. The first-order valence-electron chi connectivity index (χ1n) is 5.20.